The van der Waals surface area contributed by atoms with Gasteiger partial charge in [-0.15, -0.1) is 0 Å². The van der Waals surface area contributed by atoms with Gasteiger partial charge in [-0.05, 0) is 67.4 Å². The molecule has 240 valence electrons. The summed E-state index contributed by atoms with van der Waals surface area (Å²) in [6.45, 7) is 2.35. The number of carbonyl (C=O) groups is 1. The largest absolute Gasteiger partial charge is 0.366 e. The van der Waals surface area contributed by atoms with Crippen LogP contribution in [0.2, 0.25) is 10.0 Å². The Balaban J connectivity index is 1.22. The van der Waals surface area contributed by atoms with E-state index in [1.165, 1.54) is 18.2 Å². The molecule has 1 unspecified atom stereocenters. The monoisotopic (exact) mass is 686 g/mol. The summed E-state index contributed by atoms with van der Waals surface area (Å²) in [6, 6.07) is 17.2. The fourth-order valence-corrected chi connectivity index (χ4v) is 7.66. The summed E-state index contributed by atoms with van der Waals surface area (Å²) in [4.78, 5) is 26.8. The van der Waals surface area contributed by atoms with E-state index in [4.69, 9.17) is 33.2 Å². The molecule has 1 amide bonds. The molecule has 1 aromatic heterocycles. The number of aromatic nitrogens is 2. The number of halogens is 4. The Hall–Kier alpha value is -3.84. The fourth-order valence-electron chi connectivity index (χ4n) is 5.70. The molecule has 1 N–H and O–H groups in total. The molecule has 0 spiro atoms. The van der Waals surface area contributed by atoms with Gasteiger partial charge in [-0.1, -0.05) is 41.4 Å². The lowest BCUT2D eigenvalue weighted by atomic mass is 10.1. The zero-order valence-corrected chi connectivity index (χ0v) is 26.9. The third-order valence-electron chi connectivity index (χ3n) is 8.11. The number of benzene rings is 3. The van der Waals surface area contributed by atoms with Crippen LogP contribution in [0.4, 0.5) is 20.4 Å². The van der Waals surface area contributed by atoms with Gasteiger partial charge in [0.15, 0.2) is 0 Å². The van der Waals surface area contributed by atoms with E-state index in [1.807, 2.05) is 9.80 Å². The third-order valence-corrected chi connectivity index (χ3v) is 10.8. The number of piperazine rings is 1. The highest BCUT2D eigenvalue weighted by Crippen LogP contribution is 2.30. The van der Waals surface area contributed by atoms with Crippen molar-refractivity contribution >= 4 is 50.8 Å². The van der Waals surface area contributed by atoms with Gasteiger partial charge < -0.3 is 15.1 Å². The molecule has 6 rings (SSSR count). The maximum atomic E-state index is 14.4. The summed E-state index contributed by atoms with van der Waals surface area (Å²) in [6.07, 6.45) is 0.860. The highest BCUT2D eigenvalue weighted by molar-refractivity contribution is 7.89. The minimum atomic E-state index is -4.01. The summed E-state index contributed by atoms with van der Waals surface area (Å²) in [5, 5.41) is 3.61. The quantitative estimate of drug-likeness (QED) is 0.261. The lowest BCUT2D eigenvalue weighted by Crippen LogP contribution is -2.47. The zero-order valence-electron chi connectivity index (χ0n) is 24.5. The molecule has 3 aromatic carbocycles. The highest BCUT2D eigenvalue weighted by Gasteiger charge is 2.39. The van der Waals surface area contributed by atoms with E-state index in [1.54, 1.807) is 42.5 Å². The Morgan fingerprint density at radius 3 is 2.30 bits per heavy atom. The smallest absolute Gasteiger partial charge is 0.243 e. The van der Waals surface area contributed by atoms with E-state index in [-0.39, 0.29) is 23.8 Å². The lowest BCUT2D eigenvalue weighted by Gasteiger charge is -2.36. The van der Waals surface area contributed by atoms with E-state index in [2.05, 4.69) is 5.32 Å². The van der Waals surface area contributed by atoms with Crippen molar-refractivity contribution in [2.45, 2.75) is 30.3 Å². The molecule has 9 nitrogen and oxygen atoms in total. The summed E-state index contributed by atoms with van der Waals surface area (Å²) in [7, 11) is -4.01. The first kappa shape index (κ1) is 32.1. The molecule has 2 aliphatic rings. The second kappa shape index (κ2) is 13.5. The maximum Gasteiger partial charge on any atom is 0.243 e. The Morgan fingerprint density at radius 2 is 1.59 bits per heavy atom. The number of anilines is 2. The summed E-state index contributed by atoms with van der Waals surface area (Å²) >= 11 is 12.5. The molecular formula is C32H30Cl2F2N6O3S. The van der Waals surface area contributed by atoms with Gasteiger partial charge in [-0.2, -0.15) is 4.31 Å². The number of nitrogens with one attached hydrogen (secondary N) is 1. The van der Waals surface area contributed by atoms with Gasteiger partial charge in [0.1, 0.15) is 17.7 Å². The number of nitrogens with zero attached hydrogens (tertiary/aromatic N) is 5. The number of sulfonamides is 1. The SMILES string of the molecule is O=C(NCc1cc(-c2ccc(Cl)c(Cl)c2)nc(N2CCN(c3ccccc3F)CC2)n1)C1CCCN1S(=O)(=O)c1ccc(F)cc1. The molecule has 3 heterocycles. The Bertz CT molecular complexity index is 1860. The summed E-state index contributed by atoms with van der Waals surface area (Å²) in [5.41, 5.74) is 2.30. The Labute approximate surface area is 275 Å². The number of rotatable bonds is 8. The minimum Gasteiger partial charge on any atom is -0.366 e. The van der Waals surface area contributed by atoms with E-state index < -0.39 is 27.8 Å². The molecule has 2 fully saturated rings. The highest BCUT2D eigenvalue weighted by atomic mass is 35.5. The number of hydrogen-bond donors (Lipinski definition) is 1. The van der Waals surface area contributed by atoms with Crippen molar-refractivity contribution in [1.29, 1.82) is 0 Å². The number of carbonyl (C=O) groups excluding carboxylic acids is 1. The zero-order chi connectivity index (χ0) is 32.4. The molecule has 2 saturated heterocycles. The van der Waals surface area contributed by atoms with Crippen LogP contribution in [-0.2, 0) is 21.4 Å². The first-order valence-electron chi connectivity index (χ1n) is 14.7. The molecule has 4 aromatic rings. The van der Waals surface area contributed by atoms with E-state index in [0.29, 0.717) is 77.7 Å². The van der Waals surface area contributed by atoms with Crippen molar-refractivity contribution in [3.05, 3.63) is 100 Å². The lowest BCUT2D eigenvalue weighted by molar-refractivity contribution is -0.124. The second-order valence-corrected chi connectivity index (χ2v) is 13.7. The molecule has 14 heteroatoms. The van der Waals surface area contributed by atoms with Crippen LogP contribution in [0.15, 0.2) is 77.7 Å². The van der Waals surface area contributed by atoms with E-state index in [0.717, 1.165) is 16.4 Å². The standard InChI is InChI=1S/C32H30Cl2F2N6O3S/c33-25-12-7-21(18-26(25)34)28-19-23(38-32(39-28)41-16-14-40(15-17-41)29-5-2-1-4-27(29)36)20-37-31(43)30-6-3-13-42(30)46(44,45)24-10-8-22(35)9-11-24/h1-2,4-5,7-12,18-19,30H,3,6,13-17,20H2,(H,37,43). The molecule has 0 saturated carbocycles. The van der Waals surface area contributed by atoms with Crippen LogP contribution in [0, 0.1) is 11.6 Å². The Kier molecular flexibility index (Phi) is 9.42. The van der Waals surface area contributed by atoms with Crippen LogP contribution in [0.3, 0.4) is 0 Å². The molecule has 1 atom stereocenters. The number of amides is 1. The van der Waals surface area contributed by atoms with Crippen LogP contribution in [0.5, 0.6) is 0 Å². The van der Waals surface area contributed by atoms with Crippen LogP contribution in [0.1, 0.15) is 18.5 Å². The van der Waals surface area contributed by atoms with Gasteiger partial charge in [-0.25, -0.2) is 27.2 Å². The molecule has 0 bridgehead atoms. The minimum absolute atomic E-state index is 0.0127. The topological polar surface area (TPSA) is 98.7 Å². The van der Waals surface area contributed by atoms with Crippen molar-refractivity contribution < 1.29 is 22.0 Å². The number of hydrogen-bond acceptors (Lipinski definition) is 7. The molecular weight excluding hydrogens is 657 g/mol. The van der Waals surface area contributed by atoms with Gasteiger partial charge in [0.2, 0.25) is 21.9 Å². The first-order chi connectivity index (χ1) is 22.1. The fraction of sp³-hybridized carbons (Fsp3) is 0.281. The third kappa shape index (κ3) is 6.80. The van der Waals surface area contributed by atoms with Crippen molar-refractivity contribution in [3.63, 3.8) is 0 Å². The summed E-state index contributed by atoms with van der Waals surface area (Å²) in [5.74, 6) is -0.857. The van der Waals surface area contributed by atoms with Crippen LogP contribution < -0.4 is 15.1 Å². The average molecular weight is 688 g/mol. The van der Waals surface area contributed by atoms with Gasteiger partial charge in [0.05, 0.1) is 38.6 Å². The van der Waals surface area contributed by atoms with E-state index >= 15 is 0 Å². The normalized spacial score (nSPS) is 17.3. The molecule has 0 aliphatic carbocycles. The van der Waals surface area contributed by atoms with Crippen molar-refractivity contribution in [2.75, 3.05) is 42.5 Å². The van der Waals surface area contributed by atoms with Crippen molar-refractivity contribution in [2.24, 2.45) is 0 Å². The van der Waals surface area contributed by atoms with Crippen molar-refractivity contribution in [1.82, 2.24) is 19.6 Å². The van der Waals surface area contributed by atoms with Gasteiger partial charge >= 0.3 is 0 Å². The number of para-hydroxylation sites is 1. The van der Waals surface area contributed by atoms with E-state index in [9.17, 15) is 22.0 Å². The molecule has 0 radical (unpaired) electrons. The predicted molar refractivity (Wildman–Crippen MR) is 173 cm³/mol. The van der Waals surface area contributed by atoms with Crippen LogP contribution in [-0.4, -0.2) is 67.4 Å². The predicted octanol–water partition coefficient (Wildman–Crippen LogP) is 5.52. The molecule has 46 heavy (non-hydrogen) atoms. The first-order valence-corrected chi connectivity index (χ1v) is 16.9. The average Bonchev–Trinajstić information content (AvgIpc) is 3.57. The summed E-state index contributed by atoms with van der Waals surface area (Å²) < 4.78 is 55.6. The van der Waals surface area contributed by atoms with Crippen LogP contribution >= 0.6 is 23.2 Å². The van der Waals surface area contributed by atoms with Crippen molar-refractivity contribution in [3.8, 4) is 11.3 Å². The van der Waals surface area contributed by atoms with Gasteiger partial charge in [0, 0.05) is 38.3 Å². The maximum absolute atomic E-state index is 14.4. The van der Waals surface area contributed by atoms with Gasteiger partial charge in [0.25, 0.3) is 0 Å². The molecule has 2 aliphatic heterocycles. The van der Waals surface area contributed by atoms with Crippen LogP contribution in [0.25, 0.3) is 11.3 Å². The van der Waals surface area contributed by atoms with Gasteiger partial charge in [-0.3, -0.25) is 4.79 Å². The Morgan fingerprint density at radius 1 is 0.870 bits per heavy atom. The second-order valence-electron chi connectivity index (χ2n) is 11.0.